The Hall–Kier alpha value is -1.73. The van der Waals surface area contributed by atoms with Crippen molar-refractivity contribution in [3.05, 3.63) is 41.5 Å². The number of hydrogen-bond acceptors (Lipinski definition) is 5. The number of hydrogen-bond donors (Lipinski definition) is 2. The molecule has 2 N–H and O–H groups in total. The van der Waals surface area contributed by atoms with Gasteiger partial charge in [0.25, 0.3) is 0 Å². The third-order valence-corrected chi connectivity index (χ3v) is 5.02. The Kier molecular flexibility index (Phi) is 4.26. The van der Waals surface area contributed by atoms with Crippen LogP contribution < -0.4 is 5.32 Å². The first kappa shape index (κ1) is 15.2. The summed E-state index contributed by atoms with van der Waals surface area (Å²) in [6, 6.07) is 7.14. The van der Waals surface area contributed by atoms with E-state index in [2.05, 4.69) is 20.5 Å². The fraction of sp³-hybridized carbons (Fsp3) is 0.467. The van der Waals surface area contributed by atoms with E-state index in [1.807, 2.05) is 12.1 Å². The summed E-state index contributed by atoms with van der Waals surface area (Å²) in [5.41, 5.74) is 1.01. The first-order valence-corrected chi connectivity index (χ1v) is 9.35. The van der Waals surface area contributed by atoms with Gasteiger partial charge in [-0.1, -0.05) is 18.6 Å². The Morgan fingerprint density at radius 3 is 2.64 bits per heavy atom. The van der Waals surface area contributed by atoms with Crippen molar-refractivity contribution in [2.45, 2.75) is 36.6 Å². The van der Waals surface area contributed by atoms with Gasteiger partial charge in [0.15, 0.2) is 15.7 Å². The predicted octanol–water partition coefficient (Wildman–Crippen LogP) is 1.61. The molecule has 1 aliphatic heterocycles. The molecule has 3 rings (SSSR count). The van der Waals surface area contributed by atoms with Crippen molar-refractivity contribution in [2.24, 2.45) is 0 Å². The maximum atomic E-state index is 11.4. The lowest BCUT2D eigenvalue weighted by Crippen LogP contribution is -2.27. The first-order chi connectivity index (χ1) is 10.5. The highest BCUT2D eigenvalue weighted by atomic mass is 32.2. The van der Waals surface area contributed by atoms with Gasteiger partial charge in [-0.2, -0.15) is 5.10 Å². The molecule has 0 radical (unpaired) electrons. The Labute approximate surface area is 130 Å². The average molecular weight is 320 g/mol. The number of benzene rings is 1. The van der Waals surface area contributed by atoms with E-state index in [4.69, 9.17) is 0 Å². The summed E-state index contributed by atoms with van der Waals surface area (Å²) >= 11 is 0. The van der Waals surface area contributed by atoms with Gasteiger partial charge >= 0.3 is 0 Å². The number of nitrogens with one attached hydrogen (secondary N) is 2. The molecule has 1 fully saturated rings. The summed E-state index contributed by atoms with van der Waals surface area (Å²) < 4.78 is 22.9. The van der Waals surface area contributed by atoms with Crippen molar-refractivity contribution < 1.29 is 8.42 Å². The van der Waals surface area contributed by atoms with E-state index in [-0.39, 0.29) is 6.04 Å². The molecule has 2 aromatic rings. The molecule has 0 amide bonds. The van der Waals surface area contributed by atoms with Crippen molar-refractivity contribution in [1.82, 2.24) is 20.5 Å². The molecule has 22 heavy (non-hydrogen) atoms. The van der Waals surface area contributed by atoms with E-state index in [9.17, 15) is 8.42 Å². The number of piperidine rings is 1. The van der Waals surface area contributed by atoms with Crippen LogP contribution in [0.5, 0.6) is 0 Å². The molecule has 1 aromatic carbocycles. The zero-order valence-corrected chi connectivity index (χ0v) is 13.4. The van der Waals surface area contributed by atoms with Crippen LogP contribution in [0.1, 0.15) is 42.5 Å². The van der Waals surface area contributed by atoms with Gasteiger partial charge in [0.05, 0.1) is 10.9 Å². The molecular weight excluding hydrogens is 300 g/mol. The second kappa shape index (κ2) is 6.18. The van der Waals surface area contributed by atoms with E-state index in [0.717, 1.165) is 30.2 Å². The molecule has 1 atom stereocenters. The third kappa shape index (κ3) is 3.53. The van der Waals surface area contributed by atoms with Gasteiger partial charge in [0, 0.05) is 12.7 Å². The number of nitrogens with zero attached hydrogens (tertiary/aromatic N) is 2. The van der Waals surface area contributed by atoms with Gasteiger partial charge in [0.2, 0.25) is 0 Å². The molecule has 1 saturated heterocycles. The van der Waals surface area contributed by atoms with E-state index in [1.165, 1.54) is 19.1 Å². The third-order valence-electron chi connectivity index (χ3n) is 3.89. The zero-order chi connectivity index (χ0) is 15.6. The van der Waals surface area contributed by atoms with Gasteiger partial charge in [-0.15, -0.1) is 0 Å². The van der Waals surface area contributed by atoms with Gasteiger partial charge < -0.3 is 5.32 Å². The largest absolute Gasteiger partial charge is 0.307 e. The minimum absolute atomic E-state index is 0.242. The molecular formula is C15H20N4O2S. The molecule has 0 bridgehead atoms. The minimum atomic E-state index is -3.15. The number of sulfone groups is 1. The summed E-state index contributed by atoms with van der Waals surface area (Å²) in [6.45, 7) is 1.02. The van der Waals surface area contributed by atoms with Crippen LogP contribution in [0.25, 0.3) is 0 Å². The molecule has 7 heteroatoms. The smallest absolute Gasteiger partial charge is 0.175 e. The highest BCUT2D eigenvalue weighted by Gasteiger charge is 2.19. The minimum Gasteiger partial charge on any atom is -0.307 e. The second-order valence-electron chi connectivity index (χ2n) is 5.74. The fourth-order valence-corrected chi connectivity index (χ4v) is 3.30. The molecule has 118 valence electrons. The van der Waals surface area contributed by atoms with Gasteiger partial charge in [-0.3, -0.25) is 5.10 Å². The molecule has 1 aromatic heterocycles. The first-order valence-electron chi connectivity index (χ1n) is 7.46. The highest BCUT2D eigenvalue weighted by Crippen LogP contribution is 2.20. The number of rotatable bonds is 4. The van der Waals surface area contributed by atoms with Gasteiger partial charge in [-0.05, 0) is 37.1 Å². The molecule has 0 saturated carbocycles. The van der Waals surface area contributed by atoms with Crippen molar-refractivity contribution in [2.75, 3.05) is 12.8 Å². The van der Waals surface area contributed by atoms with Crippen LogP contribution in [0.3, 0.4) is 0 Å². The highest BCUT2D eigenvalue weighted by molar-refractivity contribution is 7.90. The quantitative estimate of drug-likeness (QED) is 0.893. The lowest BCUT2D eigenvalue weighted by molar-refractivity contribution is 0.398. The van der Waals surface area contributed by atoms with Crippen LogP contribution in [0.2, 0.25) is 0 Å². The predicted molar refractivity (Wildman–Crippen MR) is 83.3 cm³/mol. The van der Waals surface area contributed by atoms with Crippen molar-refractivity contribution in [3.8, 4) is 0 Å². The molecule has 6 nitrogen and oxygen atoms in total. The van der Waals surface area contributed by atoms with Crippen molar-refractivity contribution >= 4 is 9.84 Å². The number of aromatic nitrogens is 3. The molecule has 0 aliphatic carbocycles. The Morgan fingerprint density at radius 2 is 2.00 bits per heavy atom. The topological polar surface area (TPSA) is 87.7 Å². The Bertz CT molecular complexity index is 731. The maximum Gasteiger partial charge on any atom is 0.175 e. The lowest BCUT2D eigenvalue weighted by Gasteiger charge is -2.20. The van der Waals surface area contributed by atoms with Crippen molar-refractivity contribution in [3.63, 3.8) is 0 Å². The molecule has 1 unspecified atom stereocenters. The Morgan fingerprint density at radius 1 is 1.23 bits per heavy atom. The lowest BCUT2D eigenvalue weighted by atomic mass is 10.0. The van der Waals surface area contributed by atoms with Crippen LogP contribution in [0, 0.1) is 0 Å². The van der Waals surface area contributed by atoms with Crippen LogP contribution in [-0.2, 0) is 16.3 Å². The van der Waals surface area contributed by atoms with Crippen molar-refractivity contribution in [1.29, 1.82) is 0 Å². The summed E-state index contributed by atoms with van der Waals surface area (Å²) in [7, 11) is -3.15. The van der Waals surface area contributed by atoms with Gasteiger partial charge in [0.1, 0.15) is 5.82 Å². The summed E-state index contributed by atoms with van der Waals surface area (Å²) in [6.07, 6.45) is 5.31. The van der Waals surface area contributed by atoms with E-state index in [0.29, 0.717) is 11.3 Å². The number of H-pyrrole nitrogens is 1. The molecule has 0 spiro atoms. The van der Waals surface area contributed by atoms with E-state index in [1.54, 1.807) is 12.1 Å². The van der Waals surface area contributed by atoms with E-state index < -0.39 is 9.84 Å². The monoisotopic (exact) mass is 320 g/mol. The Balaban J connectivity index is 1.69. The second-order valence-corrected chi connectivity index (χ2v) is 7.75. The van der Waals surface area contributed by atoms with Crippen LogP contribution >= 0.6 is 0 Å². The maximum absolute atomic E-state index is 11.4. The van der Waals surface area contributed by atoms with Crippen LogP contribution in [0.15, 0.2) is 29.2 Å². The van der Waals surface area contributed by atoms with Crippen LogP contribution in [0.4, 0.5) is 0 Å². The summed E-state index contributed by atoms with van der Waals surface area (Å²) in [5.74, 6) is 1.62. The number of aromatic amines is 1. The average Bonchev–Trinajstić information content (AvgIpc) is 2.96. The standard InChI is InChI=1S/C15H20N4O2S/c1-22(20,21)12-7-5-11(6-8-12)10-14-17-15(19-18-14)13-4-2-3-9-16-13/h5-8,13,16H,2-4,9-10H2,1H3,(H,17,18,19). The van der Waals surface area contributed by atoms with Gasteiger partial charge in [-0.25, -0.2) is 13.4 Å². The molecule has 2 heterocycles. The van der Waals surface area contributed by atoms with E-state index >= 15 is 0 Å². The fourth-order valence-electron chi connectivity index (χ4n) is 2.67. The zero-order valence-electron chi connectivity index (χ0n) is 12.5. The van der Waals surface area contributed by atoms with Crippen LogP contribution in [-0.4, -0.2) is 36.4 Å². The molecule has 1 aliphatic rings. The summed E-state index contributed by atoms with van der Waals surface area (Å²) in [4.78, 5) is 4.89. The normalized spacial score (nSPS) is 19.2. The summed E-state index contributed by atoms with van der Waals surface area (Å²) in [5, 5.41) is 10.7. The SMILES string of the molecule is CS(=O)(=O)c1ccc(Cc2nc(C3CCCCN3)n[nH]2)cc1.